The molecule has 0 radical (unpaired) electrons. The van der Waals surface area contributed by atoms with Crippen molar-refractivity contribution in [3.8, 4) is 11.1 Å². The van der Waals surface area contributed by atoms with Crippen molar-refractivity contribution in [3.05, 3.63) is 59.7 Å². The van der Waals surface area contributed by atoms with Crippen LogP contribution in [0.15, 0.2) is 48.5 Å². The summed E-state index contributed by atoms with van der Waals surface area (Å²) in [5.41, 5.74) is 3.92. The normalized spacial score (nSPS) is 16.4. The largest absolute Gasteiger partial charge is 0.481 e. The van der Waals surface area contributed by atoms with Gasteiger partial charge in [0.15, 0.2) is 0 Å². The summed E-state index contributed by atoms with van der Waals surface area (Å²) in [6, 6.07) is 16.3. The van der Waals surface area contributed by atoms with Crippen molar-refractivity contribution in [2.45, 2.75) is 56.6 Å². The second-order valence-corrected chi connectivity index (χ2v) is 9.24. The maximum atomic E-state index is 12.6. The van der Waals surface area contributed by atoms with Gasteiger partial charge >= 0.3 is 12.1 Å². The SMILES string of the molecule is CCOC(CNC(=O)OCC1c2ccccc2-c2ccccc21)CC(=O)NC1(CC(=O)O)CCC1. The molecule has 2 aliphatic rings. The molecule has 1 fully saturated rings. The van der Waals surface area contributed by atoms with Gasteiger partial charge in [-0.25, -0.2) is 4.79 Å². The quantitative estimate of drug-likeness (QED) is 0.450. The number of ether oxygens (including phenoxy) is 2. The topological polar surface area (TPSA) is 114 Å². The number of carbonyl (C=O) groups is 3. The third kappa shape index (κ3) is 5.82. The van der Waals surface area contributed by atoms with Gasteiger partial charge in [0.2, 0.25) is 5.91 Å². The molecule has 2 amide bonds. The molecule has 0 bridgehead atoms. The second-order valence-electron chi connectivity index (χ2n) is 9.24. The van der Waals surface area contributed by atoms with Gasteiger partial charge in [-0.2, -0.15) is 0 Å². The molecule has 0 spiro atoms. The summed E-state index contributed by atoms with van der Waals surface area (Å²) in [6.45, 7) is 2.52. The first-order valence-corrected chi connectivity index (χ1v) is 12.1. The lowest BCUT2D eigenvalue weighted by Crippen LogP contribution is -2.55. The molecule has 35 heavy (non-hydrogen) atoms. The Morgan fingerprint density at radius 3 is 2.23 bits per heavy atom. The van der Waals surface area contributed by atoms with E-state index in [2.05, 4.69) is 34.9 Å². The molecule has 1 saturated carbocycles. The van der Waals surface area contributed by atoms with E-state index >= 15 is 0 Å². The molecule has 0 aliphatic heterocycles. The summed E-state index contributed by atoms with van der Waals surface area (Å²) in [6.07, 6.45) is 1.03. The number of carboxylic acids is 1. The molecular formula is C27H32N2O6. The average molecular weight is 481 g/mol. The summed E-state index contributed by atoms with van der Waals surface area (Å²) in [4.78, 5) is 36.2. The number of hydrogen-bond acceptors (Lipinski definition) is 5. The first kappa shape index (κ1) is 24.7. The van der Waals surface area contributed by atoms with Crippen molar-refractivity contribution in [2.24, 2.45) is 0 Å². The molecule has 8 nitrogen and oxygen atoms in total. The number of nitrogens with one attached hydrogen (secondary N) is 2. The fourth-order valence-electron chi connectivity index (χ4n) is 5.06. The van der Waals surface area contributed by atoms with Crippen molar-refractivity contribution >= 4 is 18.0 Å². The molecule has 1 atom stereocenters. The maximum Gasteiger partial charge on any atom is 0.407 e. The van der Waals surface area contributed by atoms with Crippen LogP contribution in [0.5, 0.6) is 0 Å². The molecule has 2 aromatic carbocycles. The van der Waals surface area contributed by atoms with E-state index in [1.807, 2.05) is 31.2 Å². The molecule has 4 rings (SSSR count). The number of benzene rings is 2. The maximum absolute atomic E-state index is 12.6. The van der Waals surface area contributed by atoms with E-state index in [4.69, 9.17) is 14.6 Å². The monoisotopic (exact) mass is 480 g/mol. The van der Waals surface area contributed by atoms with Crippen LogP contribution in [0.3, 0.4) is 0 Å². The highest BCUT2D eigenvalue weighted by Crippen LogP contribution is 2.44. The third-order valence-corrected chi connectivity index (χ3v) is 6.84. The number of hydrogen-bond donors (Lipinski definition) is 3. The second kappa shape index (κ2) is 10.9. The number of amides is 2. The fourth-order valence-corrected chi connectivity index (χ4v) is 5.06. The predicted octanol–water partition coefficient (Wildman–Crippen LogP) is 3.83. The van der Waals surface area contributed by atoms with Gasteiger partial charge in [-0.05, 0) is 48.4 Å². The number of carbonyl (C=O) groups excluding carboxylic acids is 2. The Balaban J connectivity index is 1.28. The fraction of sp³-hybridized carbons (Fsp3) is 0.444. The standard InChI is InChI=1S/C27H32N2O6/c1-2-34-18(14-24(30)29-27(12-7-13-27)15-25(31)32)16-28-26(33)35-17-23-21-10-5-3-8-19(21)20-9-4-6-11-22(20)23/h3-6,8-11,18,23H,2,7,12-17H2,1H3,(H,28,33)(H,29,30)(H,31,32). The zero-order valence-electron chi connectivity index (χ0n) is 19.9. The van der Waals surface area contributed by atoms with E-state index in [1.165, 1.54) is 0 Å². The van der Waals surface area contributed by atoms with E-state index in [0.29, 0.717) is 19.4 Å². The van der Waals surface area contributed by atoms with Crippen LogP contribution in [-0.4, -0.2) is 54.5 Å². The van der Waals surface area contributed by atoms with E-state index < -0.39 is 23.7 Å². The Bertz CT molecular complexity index is 1040. The minimum absolute atomic E-state index is 0.0267. The zero-order chi connectivity index (χ0) is 24.8. The molecule has 1 unspecified atom stereocenters. The Hall–Kier alpha value is -3.39. The molecular weight excluding hydrogens is 448 g/mol. The highest BCUT2D eigenvalue weighted by Gasteiger charge is 2.40. The van der Waals surface area contributed by atoms with Crippen LogP contribution in [0.2, 0.25) is 0 Å². The van der Waals surface area contributed by atoms with E-state index in [-0.39, 0.29) is 37.8 Å². The van der Waals surface area contributed by atoms with Crippen molar-refractivity contribution < 1.29 is 29.0 Å². The van der Waals surface area contributed by atoms with Gasteiger partial charge in [0.05, 0.1) is 24.5 Å². The summed E-state index contributed by atoms with van der Waals surface area (Å²) in [5, 5.41) is 14.7. The summed E-state index contributed by atoms with van der Waals surface area (Å²) < 4.78 is 11.2. The highest BCUT2D eigenvalue weighted by molar-refractivity contribution is 5.80. The molecule has 2 aromatic rings. The van der Waals surface area contributed by atoms with Crippen LogP contribution in [-0.2, 0) is 19.1 Å². The van der Waals surface area contributed by atoms with Gasteiger partial charge in [0, 0.05) is 19.1 Å². The average Bonchev–Trinajstić information content (AvgIpc) is 3.13. The Morgan fingerprint density at radius 2 is 1.69 bits per heavy atom. The molecule has 3 N–H and O–H groups in total. The number of alkyl carbamates (subject to hydrolysis) is 1. The first-order valence-electron chi connectivity index (χ1n) is 12.1. The lowest BCUT2D eigenvalue weighted by molar-refractivity contribution is -0.140. The molecule has 8 heteroatoms. The van der Waals surface area contributed by atoms with Crippen LogP contribution in [0, 0.1) is 0 Å². The predicted molar refractivity (Wildman–Crippen MR) is 130 cm³/mol. The van der Waals surface area contributed by atoms with Gasteiger partial charge in [-0.1, -0.05) is 48.5 Å². The van der Waals surface area contributed by atoms with Crippen molar-refractivity contribution in [3.63, 3.8) is 0 Å². The Labute approximate surface area is 205 Å². The summed E-state index contributed by atoms with van der Waals surface area (Å²) in [7, 11) is 0. The molecule has 0 saturated heterocycles. The van der Waals surface area contributed by atoms with Crippen LogP contribution in [0.4, 0.5) is 4.79 Å². The highest BCUT2D eigenvalue weighted by atomic mass is 16.5. The molecule has 0 heterocycles. The molecule has 0 aromatic heterocycles. The smallest absolute Gasteiger partial charge is 0.407 e. The minimum atomic E-state index is -0.928. The summed E-state index contributed by atoms with van der Waals surface area (Å²) in [5.74, 6) is -1.24. The van der Waals surface area contributed by atoms with Crippen LogP contribution in [0.25, 0.3) is 11.1 Å². The Kier molecular flexibility index (Phi) is 7.70. The summed E-state index contributed by atoms with van der Waals surface area (Å²) >= 11 is 0. The van der Waals surface area contributed by atoms with Gasteiger partial charge in [-0.3, -0.25) is 9.59 Å². The lowest BCUT2D eigenvalue weighted by atomic mass is 9.74. The Morgan fingerprint density at radius 1 is 1.06 bits per heavy atom. The van der Waals surface area contributed by atoms with E-state index in [0.717, 1.165) is 28.7 Å². The molecule has 2 aliphatic carbocycles. The van der Waals surface area contributed by atoms with Crippen LogP contribution in [0.1, 0.15) is 56.1 Å². The first-order chi connectivity index (χ1) is 16.9. The lowest BCUT2D eigenvalue weighted by Gasteiger charge is -2.41. The van der Waals surface area contributed by atoms with Crippen LogP contribution >= 0.6 is 0 Å². The number of aliphatic carboxylic acids is 1. The van der Waals surface area contributed by atoms with Crippen molar-refractivity contribution in [1.29, 1.82) is 0 Å². The number of carboxylic acid groups (broad SMARTS) is 1. The third-order valence-electron chi connectivity index (χ3n) is 6.84. The van der Waals surface area contributed by atoms with Crippen molar-refractivity contribution in [1.82, 2.24) is 10.6 Å². The van der Waals surface area contributed by atoms with Crippen molar-refractivity contribution in [2.75, 3.05) is 19.8 Å². The van der Waals surface area contributed by atoms with Gasteiger partial charge in [-0.15, -0.1) is 0 Å². The van der Waals surface area contributed by atoms with E-state index in [9.17, 15) is 14.4 Å². The minimum Gasteiger partial charge on any atom is -0.481 e. The zero-order valence-corrected chi connectivity index (χ0v) is 19.9. The van der Waals surface area contributed by atoms with Gasteiger partial charge in [0.1, 0.15) is 6.61 Å². The van der Waals surface area contributed by atoms with E-state index in [1.54, 1.807) is 0 Å². The van der Waals surface area contributed by atoms with Gasteiger partial charge in [0.25, 0.3) is 0 Å². The van der Waals surface area contributed by atoms with Crippen LogP contribution < -0.4 is 10.6 Å². The molecule has 186 valence electrons. The number of fused-ring (bicyclic) bond motifs is 3. The van der Waals surface area contributed by atoms with Gasteiger partial charge < -0.3 is 25.2 Å². The number of rotatable bonds is 11.